The zero-order chi connectivity index (χ0) is 16.4. The Morgan fingerprint density at radius 2 is 2.04 bits per heavy atom. The third-order valence-corrected chi connectivity index (χ3v) is 10.1. The summed E-state index contributed by atoms with van der Waals surface area (Å²) in [5, 5.41) is 22.4. The van der Waals surface area contributed by atoms with E-state index in [4.69, 9.17) is 0 Å². The van der Waals surface area contributed by atoms with Gasteiger partial charge >= 0.3 is 0 Å². The van der Waals surface area contributed by atoms with Crippen LogP contribution in [0.3, 0.4) is 0 Å². The van der Waals surface area contributed by atoms with Gasteiger partial charge < -0.3 is 10.2 Å². The van der Waals surface area contributed by atoms with Crippen LogP contribution in [0, 0.1) is 39.9 Å². The van der Waals surface area contributed by atoms with E-state index in [0.29, 0.717) is 36.1 Å². The molecule has 3 aliphatic heterocycles. The van der Waals surface area contributed by atoms with E-state index in [9.17, 15) is 15.0 Å². The Balaban J connectivity index is 1.54. The van der Waals surface area contributed by atoms with Crippen LogP contribution in [0.25, 0.3) is 0 Å². The Bertz CT molecular complexity index is 749. The van der Waals surface area contributed by atoms with Gasteiger partial charge in [0.05, 0.1) is 12.2 Å². The minimum Gasteiger partial charge on any atom is -0.392 e. The van der Waals surface area contributed by atoms with Gasteiger partial charge in [0, 0.05) is 54.1 Å². The van der Waals surface area contributed by atoms with Crippen molar-refractivity contribution in [1.29, 1.82) is 0 Å². The highest BCUT2D eigenvalue weighted by Crippen LogP contribution is 2.86. The highest BCUT2D eigenvalue weighted by atomic mass is 16.3. The van der Waals surface area contributed by atoms with Gasteiger partial charge in [0.15, 0.2) is 0 Å². The van der Waals surface area contributed by atoms with E-state index in [1.54, 1.807) is 0 Å². The van der Waals surface area contributed by atoms with Gasteiger partial charge in [-0.3, -0.25) is 9.69 Å². The standard InChI is InChI=1S/C20H25NO3/c1-8-10-3-12-19(17(8)24)6-11-15-18(2)4-9(22)5-20(12,15)16(21(11)7-18)13(19)14(10)23/h10-17,23-24H,1,3-7H2,2H3/t10-,11-,12+,13+,14+,15+,16+,17+,18-,19-,20+/m0/s1. The predicted molar refractivity (Wildman–Crippen MR) is 85.8 cm³/mol. The van der Waals surface area contributed by atoms with Crippen molar-refractivity contribution in [3.63, 3.8) is 0 Å². The van der Waals surface area contributed by atoms with Gasteiger partial charge in [-0.2, -0.15) is 0 Å². The Labute approximate surface area is 141 Å². The SMILES string of the molecule is C=C1[C@@H](O)[C@@]23C[C@H]4[C@@H]5[C@@]6(C)CC(=O)C[C@@]57[C@@H]2C[C@@H]1[C@@H](O)[C@@H]3[C@H]7N4C6. The fourth-order valence-electron chi connectivity index (χ4n) is 10.3. The average molecular weight is 327 g/mol. The van der Waals surface area contributed by atoms with E-state index in [-0.39, 0.29) is 34.2 Å². The quantitative estimate of drug-likeness (QED) is 0.651. The van der Waals surface area contributed by atoms with Crippen molar-refractivity contribution >= 4 is 5.78 Å². The molecule has 128 valence electrons. The van der Waals surface area contributed by atoms with Gasteiger partial charge in [-0.1, -0.05) is 13.5 Å². The van der Waals surface area contributed by atoms with Gasteiger partial charge in [0.25, 0.3) is 0 Å². The Kier molecular flexibility index (Phi) is 1.86. The molecular weight excluding hydrogens is 302 g/mol. The van der Waals surface area contributed by atoms with Crippen LogP contribution in [0.5, 0.6) is 0 Å². The lowest BCUT2D eigenvalue weighted by molar-refractivity contribution is -0.201. The first-order chi connectivity index (χ1) is 11.4. The fourth-order valence-corrected chi connectivity index (χ4v) is 10.3. The minimum atomic E-state index is -0.469. The number of nitrogens with zero attached hydrogens (tertiary/aromatic N) is 1. The molecule has 9 aliphatic rings. The maximum atomic E-state index is 12.8. The molecule has 24 heavy (non-hydrogen) atoms. The molecule has 9 rings (SSSR count). The number of hydrogen-bond acceptors (Lipinski definition) is 4. The topological polar surface area (TPSA) is 60.8 Å². The zero-order valence-electron chi connectivity index (χ0n) is 14.1. The monoisotopic (exact) mass is 327 g/mol. The molecule has 4 heteroatoms. The summed E-state index contributed by atoms with van der Waals surface area (Å²) in [5.74, 6) is 1.63. The van der Waals surface area contributed by atoms with Crippen molar-refractivity contribution in [3.05, 3.63) is 12.2 Å². The normalized spacial score (nSPS) is 73.0. The average Bonchev–Trinajstić information content (AvgIpc) is 2.92. The molecule has 12 atom stereocenters. The number of carbonyl (C=O) groups is 1. The molecule has 9 bridgehead atoms. The first kappa shape index (κ1) is 13.5. The smallest absolute Gasteiger partial charge is 0.134 e. The second-order valence-corrected chi connectivity index (χ2v) is 10.5. The maximum absolute atomic E-state index is 12.8. The molecule has 9 fully saturated rings. The van der Waals surface area contributed by atoms with Crippen molar-refractivity contribution < 1.29 is 15.0 Å². The van der Waals surface area contributed by atoms with Crippen molar-refractivity contribution in [2.24, 2.45) is 39.9 Å². The molecular formula is C20H25NO3. The molecule has 3 saturated heterocycles. The van der Waals surface area contributed by atoms with E-state index >= 15 is 0 Å². The van der Waals surface area contributed by atoms with E-state index in [1.807, 2.05) is 0 Å². The van der Waals surface area contributed by atoms with Gasteiger partial charge in [-0.05, 0) is 35.7 Å². The van der Waals surface area contributed by atoms with Crippen LogP contribution in [0.4, 0.5) is 0 Å². The van der Waals surface area contributed by atoms with Crippen LogP contribution < -0.4 is 0 Å². The predicted octanol–water partition coefficient (Wildman–Crippen LogP) is 0.972. The summed E-state index contributed by atoms with van der Waals surface area (Å²) < 4.78 is 0. The first-order valence-electron chi connectivity index (χ1n) is 9.68. The lowest BCUT2D eigenvalue weighted by Crippen LogP contribution is -2.68. The van der Waals surface area contributed by atoms with Crippen molar-refractivity contribution in [3.8, 4) is 0 Å². The maximum Gasteiger partial charge on any atom is 0.134 e. The second-order valence-electron chi connectivity index (χ2n) is 10.5. The molecule has 2 spiro atoms. The summed E-state index contributed by atoms with van der Waals surface area (Å²) in [7, 11) is 0. The number of Topliss-reactive ketones (excluding diaryl/α,β-unsaturated/α-hetero) is 1. The van der Waals surface area contributed by atoms with Gasteiger partial charge in [-0.15, -0.1) is 0 Å². The summed E-state index contributed by atoms with van der Waals surface area (Å²) in [6.07, 6.45) is 2.56. The highest BCUT2D eigenvalue weighted by Gasteiger charge is 2.90. The van der Waals surface area contributed by atoms with E-state index < -0.39 is 6.10 Å². The van der Waals surface area contributed by atoms with Crippen LogP contribution >= 0.6 is 0 Å². The Morgan fingerprint density at radius 1 is 1.25 bits per heavy atom. The van der Waals surface area contributed by atoms with Crippen molar-refractivity contribution in [2.45, 2.75) is 56.9 Å². The number of ketones is 1. The van der Waals surface area contributed by atoms with Crippen LogP contribution in [0.2, 0.25) is 0 Å². The number of hydrogen-bond donors (Lipinski definition) is 2. The minimum absolute atomic E-state index is 0.0350. The van der Waals surface area contributed by atoms with Crippen LogP contribution in [-0.2, 0) is 4.79 Å². The van der Waals surface area contributed by atoms with Crippen molar-refractivity contribution in [1.82, 2.24) is 4.90 Å². The third kappa shape index (κ3) is 0.926. The number of rotatable bonds is 0. The summed E-state index contributed by atoms with van der Waals surface area (Å²) in [6.45, 7) is 7.54. The number of carbonyl (C=O) groups excluding carboxylic acids is 1. The summed E-state index contributed by atoms with van der Waals surface area (Å²) in [5.41, 5.74) is 0.839. The second kappa shape index (κ2) is 3.30. The molecule has 6 aliphatic carbocycles. The molecule has 1 unspecified atom stereocenters. The largest absolute Gasteiger partial charge is 0.392 e. The lowest BCUT2D eigenvalue weighted by Gasteiger charge is -2.65. The van der Waals surface area contributed by atoms with Crippen molar-refractivity contribution in [2.75, 3.05) is 6.54 Å². The van der Waals surface area contributed by atoms with Crippen LogP contribution in [-0.4, -0.2) is 51.7 Å². The highest BCUT2D eigenvalue weighted by molar-refractivity contribution is 5.82. The molecule has 6 saturated carbocycles. The van der Waals surface area contributed by atoms with E-state index in [2.05, 4.69) is 18.4 Å². The molecule has 4 nitrogen and oxygen atoms in total. The van der Waals surface area contributed by atoms with Gasteiger partial charge in [0.2, 0.25) is 0 Å². The zero-order valence-corrected chi connectivity index (χ0v) is 14.1. The number of fused-ring (bicyclic) bond motifs is 1. The van der Waals surface area contributed by atoms with Crippen LogP contribution in [0.15, 0.2) is 12.2 Å². The lowest BCUT2D eigenvalue weighted by atomic mass is 9.40. The summed E-state index contributed by atoms with van der Waals surface area (Å²) in [6, 6.07) is 0.844. The van der Waals surface area contributed by atoms with Gasteiger partial charge in [0.1, 0.15) is 5.78 Å². The molecule has 0 aromatic rings. The summed E-state index contributed by atoms with van der Waals surface area (Å²) in [4.78, 5) is 15.5. The van der Waals surface area contributed by atoms with Gasteiger partial charge in [-0.25, -0.2) is 0 Å². The molecule has 3 heterocycles. The Morgan fingerprint density at radius 3 is 2.83 bits per heavy atom. The van der Waals surface area contributed by atoms with E-state index in [1.165, 1.54) is 0 Å². The third-order valence-electron chi connectivity index (χ3n) is 10.1. The number of piperidine rings is 2. The summed E-state index contributed by atoms with van der Waals surface area (Å²) >= 11 is 0. The number of aliphatic hydroxyl groups excluding tert-OH is 2. The number of aliphatic hydroxyl groups is 2. The molecule has 0 aromatic carbocycles. The molecule has 0 radical (unpaired) electrons. The Hall–Kier alpha value is -0.710. The van der Waals surface area contributed by atoms with E-state index in [0.717, 1.165) is 31.4 Å². The molecule has 0 amide bonds. The fraction of sp³-hybridized carbons (Fsp3) is 0.850. The molecule has 2 N–H and O–H groups in total. The first-order valence-corrected chi connectivity index (χ1v) is 9.68. The molecule has 0 aromatic heterocycles. The van der Waals surface area contributed by atoms with Crippen LogP contribution in [0.1, 0.15) is 32.6 Å².